The number of hydrogen-bond donors (Lipinski definition) is 1. The van der Waals surface area contributed by atoms with Gasteiger partial charge in [-0.05, 0) is 12.8 Å². The van der Waals surface area contributed by atoms with E-state index in [2.05, 4.69) is 20.2 Å². The molecular formula is C16H24N4O2S. The van der Waals surface area contributed by atoms with Crippen LogP contribution in [0.4, 0.5) is 5.82 Å². The third-order valence-corrected chi connectivity index (χ3v) is 5.21. The SMILES string of the molecule is O=C(CSc1cc(N2CCOCC2)ncn1)NC1CCCCC1. The zero-order valence-corrected chi connectivity index (χ0v) is 14.2. The Balaban J connectivity index is 1.48. The third kappa shape index (κ3) is 5.07. The molecule has 2 heterocycles. The van der Waals surface area contributed by atoms with Crippen LogP contribution < -0.4 is 10.2 Å². The zero-order chi connectivity index (χ0) is 15.9. The molecule has 1 aromatic rings. The van der Waals surface area contributed by atoms with E-state index >= 15 is 0 Å². The van der Waals surface area contributed by atoms with Gasteiger partial charge in [0.05, 0.1) is 19.0 Å². The highest BCUT2D eigenvalue weighted by atomic mass is 32.2. The smallest absolute Gasteiger partial charge is 0.230 e. The van der Waals surface area contributed by atoms with E-state index in [1.165, 1.54) is 31.0 Å². The summed E-state index contributed by atoms with van der Waals surface area (Å²) >= 11 is 1.47. The number of morpholine rings is 1. The number of amides is 1. The fraction of sp³-hybridized carbons (Fsp3) is 0.688. The van der Waals surface area contributed by atoms with Crippen molar-refractivity contribution in [2.24, 2.45) is 0 Å². The van der Waals surface area contributed by atoms with E-state index in [1.54, 1.807) is 6.33 Å². The molecule has 0 spiro atoms. The molecule has 1 amide bonds. The van der Waals surface area contributed by atoms with Crippen LogP contribution in [0.15, 0.2) is 17.4 Å². The van der Waals surface area contributed by atoms with E-state index in [0.717, 1.165) is 50.0 Å². The summed E-state index contributed by atoms with van der Waals surface area (Å²) in [5.74, 6) is 1.43. The topological polar surface area (TPSA) is 67.4 Å². The number of rotatable bonds is 5. The maximum absolute atomic E-state index is 12.1. The lowest BCUT2D eigenvalue weighted by Crippen LogP contribution is -2.37. The summed E-state index contributed by atoms with van der Waals surface area (Å²) in [6, 6.07) is 2.33. The number of nitrogens with zero attached hydrogens (tertiary/aromatic N) is 3. The van der Waals surface area contributed by atoms with Crippen LogP contribution in [-0.4, -0.2) is 54.0 Å². The molecule has 1 saturated carbocycles. The van der Waals surface area contributed by atoms with Gasteiger partial charge >= 0.3 is 0 Å². The van der Waals surface area contributed by atoms with Gasteiger partial charge in [0, 0.05) is 25.2 Å². The monoisotopic (exact) mass is 336 g/mol. The number of thioether (sulfide) groups is 1. The van der Waals surface area contributed by atoms with Crippen molar-refractivity contribution in [3.63, 3.8) is 0 Å². The van der Waals surface area contributed by atoms with Crippen LogP contribution >= 0.6 is 11.8 Å². The minimum absolute atomic E-state index is 0.105. The van der Waals surface area contributed by atoms with Gasteiger partial charge in [0.15, 0.2) is 0 Å². The number of hydrogen-bond acceptors (Lipinski definition) is 6. The lowest BCUT2D eigenvalue weighted by molar-refractivity contribution is -0.119. The summed E-state index contributed by atoms with van der Waals surface area (Å²) in [7, 11) is 0. The van der Waals surface area contributed by atoms with Gasteiger partial charge in [0.1, 0.15) is 17.2 Å². The maximum Gasteiger partial charge on any atom is 0.230 e. The van der Waals surface area contributed by atoms with Gasteiger partial charge in [-0.25, -0.2) is 9.97 Å². The second-order valence-electron chi connectivity index (χ2n) is 6.00. The highest BCUT2D eigenvalue weighted by molar-refractivity contribution is 7.99. The summed E-state index contributed by atoms with van der Waals surface area (Å²) in [6.45, 7) is 3.17. The molecule has 1 N–H and O–H groups in total. The Morgan fingerprint density at radius 3 is 2.83 bits per heavy atom. The molecule has 1 saturated heterocycles. The third-order valence-electron chi connectivity index (χ3n) is 4.28. The molecule has 3 rings (SSSR count). The predicted molar refractivity (Wildman–Crippen MR) is 90.8 cm³/mol. The summed E-state index contributed by atoms with van der Waals surface area (Å²) in [5.41, 5.74) is 0. The number of ether oxygens (including phenoxy) is 1. The first kappa shape index (κ1) is 16.5. The normalized spacial score (nSPS) is 19.6. The van der Waals surface area contributed by atoms with Gasteiger partial charge in [-0.1, -0.05) is 31.0 Å². The number of carbonyl (C=O) groups excluding carboxylic acids is 1. The van der Waals surface area contributed by atoms with Gasteiger partial charge in [-0.15, -0.1) is 0 Å². The van der Waals surface area contributed by atoms with Crippen molar-refractivity contribution in [2.45, 2.75) is 43.2 Å². The van der Waals surface area contributed by atoms with Crippen LogP contribution in [0.5, 0.6) is 0 Å². The first-order chi connectivity index (χ1) is 11.3. The molecule has 2 fully saturated rings. The van der Waals surface area contributed by atoms with Crippen LogP contribution in [0.3, 0.4) is 0 Å². The minimum atomic E-state index is 0.105. The van der Waals surface area contributed by atoms with Crippen LogP contribution in [0.1, 0.15) is 32.1 Å². The number of anilines is 1. The van der Waals surface area contributed by atoms with Crippen molar-refractivity contribution >= 4 is 23.5 Å². The van der Waals surface area contributed by atoms with Crippen LogP contribution in [-0.2, 0) is 9.53 Å². The molecule has 7 heteroatoms. The van der Waals surface area contributed by atoms with Crippen LogP contribution in [0.25, 0.3) is 0 Å². The van der Waals surface area contributed by atoms with E-state index in [1.807, 2.05) is 6.07 Å². The van der Waals surface area contributed by atoms with Crippen molar-refractivity contribution in [3.05, 3.63) is 12.4 Å². The maximum atomic E-state index is 12.1. The molecule has 0 unspecified atom stereocenters. The van der Waals surface area contributed by atoms with Crippen LogP contribution in [0.2, 0.25) is 0 Å². The molecule has 2 aliphatic rings. The molecule has 1 aromatic heterocycles. The number of nitrogens with one attached hydrogen (secondary N) is 1. The highest BCUT2D eigenvalue weighted by Gasteiger charge is 2.16. The minimum Gasteiger partial charge on any atom is -0.378 e. The Kier molecular flexibility index (Phi) is 6.10. The molecule has 0 atom stereocenters. The highest BCUT2D eigenvalue weighted by Crippen LogP contribution is 2.21. The van der Waals surface area contributed by atoms with Crippen molar-refractivity contribution < 1.29 is 9.53 Å². The molecule has 126 valence electrons. The summed E-state index contributed by atoms with van der Waals surface area (Å²) < 4.78 is 5.36. The first-order valence-corrected chi connectivity index (χ1v) is 9.37. The molecular weight excluding hydrogens is 312 g/mol. The average molecular weight is 336 g/mol. The van der Waals surface area contributed by atoms with Gasteiger partial charge in [-0.3, -0.25) is 4.79 Å². The fourth-order valence-electron chi connectivity index (χ4n) is 3.03. The van der Waals surface area contributed by atoms with E-state index in [0.29, 0.717) is 11.8 Å². The predicted octanol–water partition coefficient (Wildman–Crippen LogP) is 1.85. The van der Waals surface area contributed by atoms with Crippen molar-refractivity contribution in [3.8, 4) is 0 Å². The number of aromatic nitrogens is 2. The second kappa shape index (κ2) is 8.49. The Bertz CT molecular complexity index is 517. The standard InChI is InChI=1S/C16H24N4O2S/c21-15(19-13-4-2-1-3-5-13)11-23-16-10-14(17-12-18-16)20-6-8-22-9-7-20/h10,12-13H,1-9,11H2,(H,19,21). The van der Waals surface area contributed by atoms with E-state index in [-0.39, 0.29) is 5.91 Å². The quantitative estimate of drug-likeness (QED) is 0.654. The molecule has 0 bridgehead atoms. The Morgan fingerprint density at radius 2 is 2.04 bits per heavy atom. The molecule has 23 heavy (non-hydrogen) atoms. The Morgan fingerprint density at radius 1 is 1.26 bits per heavy atom. The lowest BCUT2D eigenvalue weighted by atomic mass is 9.95. The molecule has 1 aliphatic carbocycles. The summed E-state index contributed by atoms with van der Waals surface area (Å²) in [6.07, 6.45) is 7.56. The van der Waals surface area contributed by atoms with Crippen molar-refractivity contribution in [1.29, 1.82) is 0 Å². The second-order valence-corrected chi connectivity index (χ2v) is 7.00. The molecule has 0 aromatic carbocycles. The van der Waals surface area contributed by atoms with Crippen molar-refractivity contribution in [2.75, 3.05) is 37.0 Å². The average Bonchev–Trinajstić information content (AvgIpc) is 2.62. The largest absolute Gasteiger partial charge is 0.378 e. The van der Waals surface area contributed by atoms with Gasteiger partial charge < -0.3 is 15.0 Å². The summed E-state index contributed by atoms with van der Waals surface area (Å²) in [4.78, 5) is 22.9. The molecule has 1 aliphatic heterocycles. The molecule has 6 nitrogen and oxygen atoms in total. The van der Waals surface area contributed by atoms with Crippen molar-refractivity contribution in [1.82, 2.24) is 15.3 Å². The fourth-order valence-corrected chi connectivity index (χ4v) is 3.70. The van der Waals surface area contributed by atoms with Crippen LogP contribution in [0, 0.1) is 0 Å². The Labute approximate surface area is 141 Å². The van der Waals surface area contributed by atoms with Gasteiger partial charge in [-0.2, -0.15) is 0 Å². The lowest BCUT2D eigenvalue weighted by Gasteiger charge is -2.27. The number of carbonyl (C=O) groups is 1. The van der Waals surface area contributed by atoms with Gasteiger partial charge in [0.25, 0.3) is 0 Å². The Hall–Kier alpha value is -1.34. The van der Waals surface area contributed by atoms with E-state index in [9.17, 15) is 4.79 Å². The zero-order valence-electron chi connectivity index (χ0n) is 13.4. The van der Waals surface area contributed by atoms with E-state index in [4.69, 9.17) is 4.74 Å². The molecule has 0 radical (unpaired) electrons. The van der Waals surface area contributed by atoms with Gasteiger partial charge in [0.2, 0.25) is 5.91 Å². The van der Waals surface area contributed by atoms with E-state index < -0.39 is 0 Å². The first-order valence-electron chi connectivity index (χ1n) is 8.38. The summed E-state index contributed by atoms with van der Waals surface area (Å²) in [5, 5.41) is 3.98.